The lowest BCUT2D eigenvalue weighted by atomic mass is 9.43. The molecule has 0 aromatic carbocycles. The molecular weight excluding hydrogens is 340 g/mol. The van der Waals surface area contributed by atoms with Gasteiger partial charge in [-0.2, -0.15) is 0 Å². The molecule has 6 unspecified atom stereocenters. The Morgan fingerprint density at radius 3 is 1.32 bits per heavy atom. The third-order valence-electron chi connectivity index (χ3n) is 9.29. The van der Waals surface area contributed by atoms with E-state index >= 15 is 0 Å². The topological polar surface area (TPSA) is 17.1 Å². The highest BCUT2D eigenvalue weighted by molar-refractivity contribution is 5.92. The van der Waals surface area contributed by atoms with Crippen LogP contribution in [0.4, 0.5) is 0 Å². The number of hydrogen-bond acceptors (Lipinski definition) is 1. The Morgan fingerprint density at radius 1 is 0.750 bits per heavy atom. The third-order valence-corrected chi connectivity index (χ3v) is 9.29. The van der Waals surface area contributed by atoms with Crippen LogP contribution in [0.3, 0.4) is 0 Å². The standard InChI is InChI=1S/C27H42O/c1-19(2)26(9,24(7)17-13-11-15-21(24)5)23(28)27(10,20(3)4)25(8)18-14-12-16-22(25)6/h11-22H,1-10H3. The second-order valence-electron chi connectivity index (χ2n) is 10.7. The summed E-state index contributed by atoms with van der Waals surface area (Å²) in [6.45, 7) is 22.5. The van der Waals surface area contributed by atoms with E-state index in [0.717, 1.165) is 0 Å². The molecule has 0 fully saturated rings. The maximum Gasteiger partial charge on any atom is 0.146 e. The second-order valence-corrected chi connectivity index (χ2v) is 10.7. The van der Waals surface area contributed by atoms with Crippen molar-refractivity contribution < 1.29 is 4.79 Å². The van der Waals surface area contributed by atoms with Gasteiger partial charge in [0.1, 0.15) is 5.78 Å². The van der Waals surface area contributed by atoms with Crippen LogP contribution in [0.2, 0.25) is 0 Å². The van der Waals surface area contributed by atoms with Crippen LogP contribution in [0, 0.1) is 45.3 Å². The van der Waals surface area contributed by atoms with Crippen LogP contribution in [0.25, 0.3) is 0 Å². The van der Waals surface area contributed by atoms with E-state index in [1.807, 2.05) is 0 Å². The predicted octanol–water partition coefficient (Wildman–Crippen LogP) is 7.42. The molecule has 6 atom stereocenters. The first-order chi connectivity index (χ1) is 12.8. The summed E-state index contributed by atoms with van der Waals surface area (Å²) >= 11 is 0. The van der Waals surface area contributed by atoms with Gasteiger partial charge in [-0.25, -0.2) is 0 Å². The molecule has 1 heteroatoms. The van der Waals surface area contributed by atoms with Crippen molar-refractivity contribution in [3.05, 3.63) is 48.6 Å². The number of allylic oxidation sites excluding steroid dienone is 8. The van der Waals surface area contributed by atoms with E-state index in [4.69, 9.17) is 0 Å². The number of carbonyl (C=O) groups is 1. The zero-order valence-corrected chi connectivity index (χ0v) is 19.8. The van der Waals surface area contributed by atoms with E-state index in [0.29, 0.717) is 17.6 Å². The van der Waals surface area contributed by atoms with Gasteiger partial charge in [-0.05, 0) is 23.7 Å². The third kappa shape index (κ3) is 2.92. The Morgan fingerprint density at radius 2 is 1.07 bits per heavy atom. The normalized spacial score (nSPS) is 36.6. The summed E-state index contributed by atoms with van der Waals surface area (Å²) in [5.41, 5.74) is -1.36. The first-order valence-corrected chi connectivity index (χ1v) is 11.1. The zero-order valence-electron chi connectivity index (χ0n) is 19.8. The average molecular weight is 383 g/mol. The molecule has 2 aliphatic carbocycles. The second kappa shape index (κ2) is 7.47. The van der Waals surface area contributed by atoms with Crippen molar-refractivity contribution in [2.24, 2.45) is 45.3 Å². The molecule has 0 spiro atoms. The van der Waals surface area contributed by atoms with Crippen molar-refractivity contribution in [2.75, 3.05) is 0 Å². The molecule has 28 heavy (non-hydrogen) atoms. The van der Waals surface area contributed by atoms with Gasteiger partial charge >= 0.3 is 0 Å². The Hall–Kier alpha value is -1.37. The maximum atomic E-state index is 14.8. The van der Waals surface area contributed by atoms with Crippen molar-refractivity contribution in [2.45, 2.75) is 69.2 Å². The highest BCUT2D eigenvalue weighted by atomic mass is 16.1. The van der Waals surface area contributed by atoms with Gasteiger partial charge in [-0.3, -0.25) is 4.79 Å². The van der Waals surface area contributed by atoms with Gasteiger partial charge in [-0.15, -0.1) is 0 Å². The minimum Gasteiger partial charge on any atom is -0.298 e. The molecule has 2 aliphatic rings. The molecule has 2 rings (SSSR count). The largest absolute Gasteiger partial charge is 0.298 e. The van der Waals surface area contributed by atoms with Gasteiger partial charge in [0, 0.05) is 21.7 Å². The van der Waals surface area contributed by atoms with Crippen LogP contribution in [-0.4, -0.2) is 5.78 Å². The number of Topliss-reactive ketones (excluding diaryl/α,β-unsaturated/α-hetero) is 1. The monoisotopic (exact) mass is 382 g/mol. The Bertz CT molecular complexity index is 661. The Balaban J connectivity index is 2.71. The van der Waals surface area contributed by atoms with Crippen LogP contribution < -0.4 is 0 Å². The predicted molar refractivity (Wildman–Crippen MR) is 122 cm³/mol. The molecule has 0 N–H and O–H groups in total. The van der Waals surface area contributed by atoms with Crippen molar-refractivity contribution >= 4 is 5.78 Å². The lowest BCUT2D eigenvalue weighted by Crippen LogP contribution is -2.61. The minimum absolute atomic E-state index is 0.211. The molecule has 0 saturated carbocycles. The molecule has 0 aliphatic heterocycles. The smallest absolute Gasteiger partial charge is 0.146 e. The summed E-state index contributed by atoms with van der Waals surface area (Å²) < 4.78 is 0. The average Bonchev–Trinajstić information content (AvgIpc) is 2.64. The maximum absolute atomic E-state index is 14.8. The molecule has 0 saturated heterocycles. The van der Waals surface area contributed by atoms with Crippen LogP contribution in [-0.2, 0) is 4.79 Å². The van der Waals surface area contributed by atoms with E-state index in [2.05, 4.69) is 118 Å². The number of hydrogen-bond donors (Lipinski definition) is 0. The Kier molecular flexibility index (Phi) is 6.11. The fraction of sp³-hybridized carbons (Fsp3) is 0.667. The van der Waals surface area contributed by atoms with Gasteiger partial charge in [0.15, 0.2) is 0 Å². The van der Waals surface area contributed by atoms with Gasteiger partial charge in [0.05, 0.1) is 0 Å². The van der Waals surface area contributed by atoms with E-state index in [1.165, 1.54) is 0 Å². The van der Waals surface area contributed by atoms with Crippen LogP contribution in [0.15, 0.2) is 48.6 Å². The summed E-state index contributed by atoms with van der Waals surface area (Å²) in [6.07, 6.45) is 17.6. The van der Waals surface area contributed by atoms with Crippen molar-refractivity contribution in [1.82, 2.24) is 0 Å². The first kappa shape index (κ1) is 22.9. The summed E-state index contributed by atoms with van der Waals surface area (Å²) in [7, 11) is 0. The summed E-state index contributed by atoms with van der Waals surface area (Å²) in [5.74, 6) is 1.52. The van der Waals surface area contributed by atoms with Crippen LogP contribution >= 0.6 is 0 Å². The van der Waals surface area contributed by atoms with Gasteiger partial charge in [0.25, 0.3) is 0 Å². The zero-order chi connectivity index (χ0) is 21.5. The Labute approximate surface area is 174 Å². The van der Waals surface area contributed by atoms with E-state index < -0.39 is 10.8 Å². The summed E-state index contributed by atoms with van der Waals surface area (Å²) in [4.78, 5) is 14.8. The fourth-order valence-corrected chi connectivity index (χ4v) is 5.77. The summed E-state index contributed by atoms with van der Waals surface area (Å²) in [5, 5.41) is 0. The minimum atomic E-state index is -0.468. The van der Waals surface area contributed by atoms with E-state index in [9.17, 15) is 4.79 Å². The molecule has 0 radical (unpaired) electrons. The van der Waals surface area contributed by atoms with Crippen LogP contribution in [0.1, 0.15) is 69.2 Å². The highest BCUT2D eigenvalue weighted by Gasteiger charge is 2.62. The highest BCUT2D eigenvalue weighted by Crippen LogP contribution is 2.61. The number of rotatable bonds is 6. The molecule has 0 bridgehead atoms. The van der Waals surface area contributed by atoms with Crippen molar-refractivity contribution in [3.63, 3.8) is 0 Å². The molecule has 0 aromatic rings. The van der Waals surface area contributed by atoms with Gasteiger partial charge < -0.3 is 0 Å². The SMILES string of the molecule is CC1C=CC=CC1(C)C(C)(C(=O)C(C)(C(C)C)C1(C)C=CC=CC1C)C(C)C. The van der Waals surface area contributed by atoms with Crippen molar-refractivity contribution in [1.29, 1.82) is 0 Å². The van der Waals surface area contributed by atoms with Gasteiger partial charge in [-0.1, -0.05) is 118 Å². The molecule has 156 valence electrons. The molecule has 0 amide bonds. The summed E-state index contributed by atoms with van der Waals surface area (Å²) in [6, 6.07) is 0. The van der Waals surface area contributed by atoms with E-state index in [-0.39, 0.29) is 22.7 Å². The number of carbonyl (C=O) groups excluding carboxylic acids is 1. The van der Waals surface area contributed by atoms with Crippen molar-refractivity contribution in [3.8, 4) is 0 Å². The lowest BCUT2D eigenvalue weighted by molar-refractivity contribution is -0.160. The molecular formula is C27H42O. The lowest BCUT2D eigenvalue weighted by Gasteiger charge is -2.58. The molecule has 0 heterocycles. The molecule has 0 aromatic heterocycles. The van der Waals surface area contributed by atoms with E-state index in [1.54, 1.807) is 0 Å². The molecule has 1 nitrogen and oxygen atoms in total. The van der Waals surface area contributed by atoms with Crippen LogP contribution in [0.5, 0.6) is 0 Å². The quantitative estimate of drug-likeness (QED) is 0.467. The number of ketones is 1. The van der Waals surface area contributed by atoms with Gasteiger partial charge in [0.2, 0.25) is 0 Å². The first-order valence-electron chi connectivity index (χ1n) is 11.1. The fourth-order valence-electron chi connectivity index (χ4n) is 5.77.